The van der Waals surface area contributed by atoms with Crippen LogP contribution in [0.2, 0.25) is 0 Å². The molecule has 0 atom stereocenters. The van der Waals surface area contributed by atoms with E-state index in [9.17, 15) is 0 Å². The number of hydrogen-bond acceptors (Lipinski definition) is 1. The minimum Gasteiger partial charge on any atom is -0.456 e. The molecular formula is C43H32O. The fraction of sp³-hybridized carbons (Fsp3) is 0.0698. The maximum absolute atomic E-state index is 6.39. The van der Waals surface area contributed by atoms with Crippen molar-refractivity contribution in [3.05, 3.63) is 179 Å². The Hall–Kier alpha value is -5.40. The zero-order valence-corrected chi connectivity index (χ0v) is 24.5. The van der Waals surface area contributed by atoms with E-state index in [1.165, 1.54) is 66.4 Å². The van der Waals surface area contributed by atoms with Gasteiger partial charge in [0.1, 0.15) is 11.2 Å². The number of benzene rings is 6. The normalized spacial score (nSPS) is 13.0. The van der Waals surface area contributed by atoms with Crippen LogP contribution in [0.25, 0.3) is 55.8 Å². The van der Waals surface area contributed by atoms with E-state index in [1.807, 2.05) is 0 Å². The van der Waals surface area contributed by atoms with Crippen molar-refractivity contribution in [2.45, 2.75) is 19.3 Å². The highest BCUT2D eigenvalue weighted by Gasteiger charge is 2.18. The molecule has 0 saturated heterocycles. The van der Waals surface area contributed by atoms with Gasteiger partial charge in [-0.25, -0.2) is 0 Å². The third-order valence-corrected chi connectivity index (χ3v) is 8.83. The van der Waals surface area contributed by atoms with Crippen LogP contribution in [0.15, 0.2) is 156 Å². The average Bonchev–Trinajstić information content (AvgIpc) is 3.49. The predicted octanol–water partition coefficient (Wildman–Crippen LogP) is 11.6. The molecule has 0 bridgehead atoms. The third-order valence-electron chi connectivity index (χ3n) is 8.83. The maximum Gasteiger partial charge on any atom is 0.136 e. The van der Waals surface area contributed by atoms with Gasteiger partial charge in [0.25, 0.3) is 0 Å². The van der Waals surface area contributed by atoms with Crippen LogP contribution < -0.4 is 0 Å². The average molecular weight is 565 g/mol. The van der Waals surface area contributed by atoms with Gasteiger partial charge in [-0.05, 0) is 87.0 Å². The minimum atomic E-state index is 0.834. The lowest BCUT2D eigenvalue weighted by Crippen LogP contribution is -1.94. The topological polar surface area (TPSA) is 13.1 Å². The summed E-state index contributed by atoms with van der Waals surface area (Å²) in [5, 5.41) is 2.50. The summed E-state index contributed by atoms with van der Waals surface area (Å²) in [5.41, 5.74) is 14.5. The standard InChI is InChI=1S/C43H32O/c1-3-12-31(13-4-1)32-22-24-35(25-23-32)37(33-14-5-2-6-15-33)27-21-30-11-9-17-36(29-30)39-19-10-20-40-43(39)42-38-18-8-7-16-34(38)26-28-41(42)44-40/h1-7,9-17,19-20,22-29H,8,18,21H2/b37-27+. The molecule has 1 heterocycles. The lowest BCUT2D eigenvalue weighted by Gasteiger charge is -2.13. The molecule has 0 aliphatic heterocycles. The molecule has 1 heteroatoms. The van der Waals surface area contributed by atoms with Gasteiger partial charge in [0.15, 0.2) is 0 Å². The number of aryl methyl sites for hydroxylation is 1. The summed E-state index contributed by atoms with van der Waals surface area (Å²) in [4.78, 5) is 0. The lowest BCUT2D eigenvalue weighted by molar-refractivity contribution is 0.668. The summed E-state index contributed by atoms with van der Waals surface area (Å²) < 4.78 is 6.39. The van der Waals surface area contributed by atoms with Crippen molar-refractivity contribution >= 4 is 33.6 Å². The molecule has 6 aromatic carbocycles. The van der Waals surface area contributed by atoms with Crippen molar-refractivity contribution in [1.29, 1.82) is 0 Å². The van der Waals surface area contributed by atoms with Crippen LogP contribution in [-0.2, 0) is 12.8 Å². The van der Waals surface area contributed by atoms with Crippen molar-refractivity contribution in [2.75, 3.05) is 0 Å². The Kier molecular flexibility index (Phi) is 6.77. The molecule has 0 saturated carbocycles. The van der Waals surface area contributed by atoms with E-state index in [0.717, 1.165) is 30.4 Å². The van der Waals surface area contributed by atoms with Crippen LogP contribution >= 0.6 is 0 Å². The Bertz CT molecular complexity index is 2160. The summed E-state index contributed by atoms with van der Waals surface area (Å²) in [7, 11) is 0. The van der Waals surface area contributed by atoms with Gasteiger partial charge in [-0.2, -0.15) is 0 Å². The molecule has 0 unspecified atom stereocenters. The van der Waals surface area contributed by atoms with Crippen LogP contribution in [-0.4, -0.2) is 0 Å². The van der Waals surface area contributed by atoms with Gasteiger partial charge < -0.3 is 4.42 Å². The Morgan fingerprint density at radius 1 is 0.591 bits per heavy atom. The number of furan rings is 1. The zero-order chi connectivity index (χ0) is 29.3. The Morgan fingerprint density at radius 3 is 2.14 bits per heavy atom. The summed E-state index contributed by atoms with van der Waals surface area (Å²) >= 11 is 0. The van der Waals surface area contributed by atoms with E-state index in [0.29, 0.717) is 0 Å². The van der Waals surface area contributed by atoms with Gasteiger partial charge in [0.2, 0.25) is 0 Å². The highest BCUT2D eigenvalue weighted by molar-refractivity contribution is 6.14. The Balaban J connectivity index is 1.18. The van der Waals surface area contributed by atoms with E-state index in [2.05, 4.69) is 158 Å². The van der Waals surface area contributed by atoms with Crippen LogP contribution in [0.3, 0.4) is 0 Å². The van der Waals surface area contributed by atoms with Crippen LogP contribution in [0.4, 0.5) is 0 Å². The first-order chi connectivity index (χ1) is 21.8. The number of rotatable bonds is 6. The largest absolute Gasteiger partial charge is 0.456 e. The molecule has 44 heavy (non-hydrogen) atoms. The molecule has 0 fully saturated rings. The molecule has 0 spiro atoms. The van der Waals surface area contributed by atoms with Crippen molar-refractivity contribution in [1.82, 2.24) is 0 Å². The first-order valence-electron chi connectivity index (χ1n) is 15.5. The molecule has 0 amide bonds. The van der Waals surface area contributed by atoms with Gasteiger partial charge in [0.05, 0.1) is 0 Å². The van der Waals surface area contributed by atoms with Gasteiger partial charge >= 0.3 is 0 Å². The summed E-state index contributed by atoms with van der Waals surface area (Å²) in [5.74, 6) is 0. The van der Waals surface area contributed by atoms with Crippen molar-refractivity contribution < 1.29 is 4.42 Å². The van der Waals surface area contributed by atoms with E-state index in [-0.39, 0.29) is 0 Å². The number of allylic oxidation sites excluding steroid dienone is 2. The molecule has 0 radical (unpaired) electrons. The molecular weight excluding hydrogens is 532 g/mol. The highest BCUT2D eigenvalue weighted by Crippen LogP contribution is 2.41. The fourth-order valence-electron chi connectivity index (χ4n) is 6.68. The van der Waals surface area contributed by atoms with E-state index < -0.39 is 0 Å². The monoisotopic (exact) mass is 564 g/mol. The maximum atomic E-state index is 6.39. The van der Waals surface area contributed by atoms with Crippen LogP contribution in [0, 0.1) is 0 Å². The van der Waals surface area contributed by atoms with Gasteiger partial charge in [0, 0.05) is 10.8 Å². The summed E-state index contributed by atoms with van der Waals surface area (Å²) in [6.45, 7) is 0. The second kappa shape index (κ2) is 11.4. The Labute approximate surface area is 258 Å². The predicted molar refractivity (Wildman–Crippen MR) is 186 cm³/mol. The highest BCUT2D eigenvalue weighted by atomic mass is 16.3. The Morgan fingerprint density at radius 2 is 1.30 bits per heavy atom. The van der Waals surface area contributed by atoms with Crippen LogP contribution in [0.5, 0.6) is 0 Å². The molecule has 8 rings (SSSR count). The lowest BCUT2D eigenvalue weighted by atomic mass is 9.90. The zero-order valence-electron chi connectivity index (χ0n) is 24.5. The summed E-state index contributed by atoms with van der Waals surface area (Å²) in [6.07, 6.45) is 9.86. The molecule has 0 N–H and O–H groups in total. The number of hydrogen-bond donors (Lipinski definition) is 0. The molecule has 210 valence electrons. The second-order valence-electron chi connectivity index (χ2n) is 11.6. The summed E-state index contributed by atoms with van der Waals surface area (Å²) in [6, 6.07) is 50.0. The van der Waals surface area contributed by atoms with Gasteiger partial charge in [-0.15, -0.1) is 0 Å². The SMILES string of the molecule is C1=Cc2ccc3oc4cccc(-c5cccc(C/C=C(\c6ccccc6)c6ccc(-c7ccccc7)cc6)c5)c4c3c2CC1. The van der Waals surface area contributed by atoms with Crippen LogP contribution in [0.1, 0.15) is 34.2 Å². The van der Waals surface area contributed by atoms with Crippen molar-refractivity contribution in [2.24, 2.45) is 0 Å². The first-order valence-corrected chi connectivity index (χ1v) is 15.5. The quantitative estimate of drug-likeness (QED) is 0.196. The molecule has 7 aromatic rings. The second-order valence-corrected chi connectivity index (χ2v) is 11.6. The minimum absolute atomic E-state index is 0.834. The van der Waals surface area contributed by atoms with E-state index in [1.54, 1.807) is 0 Å². The molecule has 1 aliphatic carbocycles. The third kappa shape index (κ3) is 4.87. The molecule has 1 aliphatic rings. The van der Waals surface area contributed by atoms with E-state index >= 15 is 0 Å². The van der Waals surface area contributed by atoms with Gasteiger partial charge in [-0.3, -0.25) is 0 Å². The van der Waals surface area contributed by atoms with Gasteiger partial charge in [-0.1, -0.05) is 146 Å². The van der Waals surface area contributed by atoms with Crippen molar-refractivity contribution in [3.8, 4) is 22.3 Å². The fourth-order valence-corrected chi connectivity index (χ4v) is 6.68. The molecule has 1 nitrogen and oxygen atoms in total. The van der Waals surface area contributed by atoms with Crippen molar-refractivity contribution in [3.63, 3.8) is 0 Å². The smallest absolute Gasteiger partial charge is 0.136 e. The van der Waals surface area contributed by atoms with E-state index in [4.69, 9.17) is 4.42 Å². The number of fused-ring (bicyclic) bond motifs is 5. The molecule has 1 aromatic heterocycles. The first kappa shape index (κ1) is 26.2.